The van der Waals surface area contributed by atoms with Crippen LogP contribution in [-0.4, -0.2) is 4.98 Å². The molecular formula is C13H6N3. The average Bonchev–Trinajstić information content (AvgIpc) is 2.39. The van der Waals surface area contributed by atoms with Crippen molar-refractivity contribution in [3.05, 3.63) is 53.9 Å². The van der Waals surface area contributed by atoms with E-state index in [-0.39, 0.29) is 0 Å². The first-order chi connectivity index (χ1) is 7.85. The Labute approximate surface area is 93.2 Å². The van der Waals surface area contributed by atoms with Crippen molar-refractivity contribution < 1.29 is 0 Å². The highest BCUT2D eigenvalue weighted by Gasteiger charge is 2.05. The number of hydrogen-bond acceptors (Lipinski definition) is 3. The first kappa shape index (κ1) is 9.89. The summed E-state index contributed by atoms with van der Waals surface area (Å²) in [7, 11) is 0. The van der Waals surface area contributed by atoms with Crippen LogP contribution < -0.4 is 0 Å². The molecule has 3 heteroatoms. The minimum atomic E-state index is 0.529. The molecule has 1 aromatic heterocycles. The molecule has 2 rings (SSSR count). The van der Waals surface area contributed by atoms with Gasteiger partial charge < -0.3 is 0 Å². The second kappa shape index (κ2) is 4.25. The lowest BCUT2D eigenvalue weighted by Crippen LogP contribution is -1.87. The summed E-state index contributed by atoms with van der Waals surface area (Å²) in [6.07, 6.45) is 4.29. The van der Waals surface area contributed by atoms with E-state index in [9.17, 15) is 0 Å². The van der Waals surface area contributed by atoms with E-state index in [2.05, 4.69) is 23.3 Å². The third kappa shape index (κ3) is 1.75. The van der Waals surface area contributed by atoms with Gasteiger partial charge in [0.05, 0.1) is 29.5 Å². The lowest BCUT2D eigenvalue weighted by Gasteiger charge is -2.03. The molecule has 2 aromatic rings. The fraction of sp³-hybridized carbons (Fsp3) is 0. The van der Waals surface area contributed by atoms with E-state index in [1.165, 1.54) is 0 Å². The van der Waals surface area contributed by atoms with Gasteiger partial charge >= 0.3 is 0 Å². The Balaban J connectivity index is 2.65. The van der Waals surface area contributed by atoms with Crippen molar-refractivity contribution in [2.45, 2.75) is 0 Å². The van der Waals surface area contributed by atoms with E-state index in [1.54, 1.807) is 30.5 Å². The van der Waals surface area contributed by atoms with Gasteiger partial charge in [0, 0.05) is 17.3 Å². The van der Waals surface area contributed by atoms with Crippen LogP contribution >= 0.6 is 0 Å². The van der Waals surface area contributed by atoms with Gasteiger partial charge in [0.15, 0.2) is 0 Å². The van der Waals surface area contributed by atoms with Crippen molar-refractivity contribution in [1.82, 2.24) is 4.98 Å². The summed E-state index contributed by atoms with van der Waals surface area (Å²) in [6.45, 7) is 0. The maximum atomic E-state index is 8.98. The fourth-order valence-corrected chi connectivity index (χ4v) is 1.43. The highest BCUT2D eigenvalue weighted by molar-refractivity contribution is 5.71. The summed E-state index contributed by atoms with van der Waals surface area (Å²) < 4.78 is 0. The molecule has 0 bridgehead atoms. The van der Waals surface area contributed by atoms with Gasteiger partial charge in [0.25, 0.3) is 0 Å². The van der Waals surface area contributed by atoms with Gasteiger partial charge in [-0.2, -0.15) is 10.5 Å². The number of nitrogens with zero attached hydrogens (tertiary/aromatic N) is 3. The lowest BCUT2D eigenvalue weighted by atomic mass is 9.99. The molecule has 0 aliphatic heterocycles. The van der Waals surface area contributed by atoms with Crippen LogP contribution in [0.2, 0.25) is 0 Å². The number of hydrogen-bond donors (Lipinski definition) is 0. The standard InChI is InChI=1S/C13H6N3/c14-7-10-3-4-11(8-15)13(6-10)12-2-1-5-16-9-12/h1-4,6,9H. The van der Waals surface area contributed by atoms with Gasteiger partial charge in [-0.3, -0.25) is 4.98 Å². The van der Waals surface area contributed by atoms with Crippen LogP contribution in [0.4, 0.5) is 0 Å². The van der Waals surface area contributed by atoms with Gasteiger partial charge in [0.2, 0.25) is 0 Å². The van der Waals surface area contributed by atoms with Gasteiger partial charge in [-0.1, -0.05) is 6.07 Å². The lowest BCUT2D eigenvalue weighted by molar-refractivity contribution is 1.31. The first-order valence-corrected chi connectivity index (χ1v) is 4.62. The van der Waals surface area contributed by atoms with Crippen LogP contribution in [0.15, 0.2) is 36.5 Å². The van der Waals surface area contributed by atoms with E-state index in [0.717, 1.165) is 11.1 Å². The Morgan fingerprint density at radius 1 is 1.12 bits per heavy atom. The van der Waals surface area contributed by atoms with Crippen molar-refractivity contribution in [2.24, 2.45) is 0 Å². The van der Waals surface area contributed by atoms with Crippen molar-refractivity contribution in [1.29, 1.82) is 10.5 Å². The fourth-order valence-electron chi connectivity index (χ4n) is 1.43. The molecule has 0 saturated heterocycles. The highest BCUT2D eigenvalue weighted by atomic mass is 14.6. The summed E-state index contributed by atoms with van der Waals surface area (Å²) in [6, 6.07) is 12.6. The predicted octanol–water partition coefficient (Wildman–Crippen LogP) is 2.29. The molecule has 0 amide bonds. The van der Waals surface area contributed by atoms with E-state index in [0.29, 0.717) is 11.1 Å². The molecule has 0 aliphatic rings. The number of aromatic nitrogens is 1. The number of pyridine rings is 1. The molecule has 0 aliphatic carbocycles. The molecule has 0 saturated carbocycles. The molecular weight excluding hydrogens is 198 g/mol. The Hall–Kier alpha value is -2.65. The summed E-state index contributed by atoms with van der Waals surface area (Å²) in [5.41, 5.74) is 2.60. The normalized spacial score (nSPS) is 9.12. The molecule has 0 unspecified atom stereocenters. The van der Waals surface area contributed by atoms with Crippen LogP contribution in [0.1, 0.15) is 11.1 Å². The van der Waals surface area contributed by atoms with Crippen LogP contribution in [0.5, 0.6) is 0 Å². The van der Waals surface area contributed by atoms with Crippen LogP contribution in [-0.2, 0) is 0 Å². The Bertz CT molecular complexity index is 589. The van der Waals surface area contributed by atoms with Gasteiger partial charge in [-0.25, -0.2) is 0 Å². The third-order valence-electron chi connectivity index (χ3n) is 2.20. The Morgan fingerprint density at radius 3 is 2.62 bits per heavy atom. The number of rotatable bonds is 1. The van der Waals surface area contributed by atoms with Crippen LogP contribution in [0, 0.1) is 28.9 Å². The first-order valence-electron chi connectivity index (χ1n) is 4.62. The van der Waals surface area contributed by atoms with Crippen molar-refractivity contribution in [3.8, 4) is 23.3 Å². The molecule has 1 heterocycles. The molecule has 0 fully saturated rings. The zero-order valence-electron chi connectivity index (χ0n) is 8.31. The molecule has 0 spiro atoms. The van der Waals surface area contributed by atoms with E-state index in [1.807, 2.05) is 6.07 Å². The number of benzene rings is 1. The maximum Gasteiger partial charge on any atom is 0.0998 e. The second-order valence-electron chi connectivity index (χ2n) is 3.16. The minimum absolute atomic E-state index is 0.529. The SMILES string of the molecule is N#Cc1ccc(C#N)c(-c2cc[c]nc2)c1. The molecule has 0 N–H and O–H groups in total. The van der Waals surface area contributed by atoms with E-state index < -0.39 is 0 Å². The van der Waals surface area contributed by atoms with E-state index in [4.69, 9.17) is 10.5 Å². The molecule has 3 nitrogen and oxygen atoms in total. The summed E-state index contributed by atoms with van der Waals surface area (Å²) in [5.74, 6) is 0. The highest BCUT2D eigenvalue weighted by Crippen LogP contribution is 2.23. The zero-order valence-corrected chi connectivity index (χ0v) is 8.31. The minimum Gasteiger partial charge on any atom is -0.254 e. The number of nitriles is 2. The topological polar surface area (TPSA) is 60.5 Å². The van der Waals surface area contributed by atoms with Crippen LogP contribution in [0.3, 0.4) is 0 Å². The molecule has 16 heavy (non-hydrogen) atoms. The van der Waals surface area contributed by atoms with E-state index >= 15 is 0 Å². The molecule has 1 aromatic carbocycles. The van der Waals surface area contributed by atoms with Gasteiger partial charge in [0.1, 0.15) is 0 Å². The van der Waals surface area contributed by atoms with Gasteiger partial charge in [-0.05, 0) is 24.3 Å². The maximum absolute atomic E-state index is 8.98. The zero-order chi connectivity index (χ0) is 11.4. The molecule has 0 atom stereocenters. The summed E-state index contributed by atoms with van der Waals surface area (Å²) in [5, 5.41) is 17.8. The molecule has 1 radical (unpaired) electrons. The average molecular weight is 204 g/mol. The van der Waals surface area contributed by atoms with Crippen LogP contribution in [0.25, 0.3) is 11.1 Å². The second-order valence-corrected chi connectivity index (χ2v) is 3.16. The predicted molar refractivity (Wildman–Crippen MR) is 57.9 cm³/mol. The van der Waals surface area contributed by atoms with Gasteiger partial charge in [-0.15, -0.1) is 0 Å². The van der Waals surface area contributed by atoms with Crippen molar-refractivity contribution in [3.63, 3.8) is 0 Å². The smallest absolute Gasteiger partial charge is 0.0998 e. The Morgan fingerprint density at radius 2 is 2.00 bits per heavy atom. The summed E-state index contributed by atoms with van der Waals surface area (Å²) in [4.78, 5) is 3.87. The largest absolute Gasteiger partial charge is 0.254 e. The third-order valence-corrected chi connectivity index (χ3v) is 2.20. The summed E-state index contributed by atoms with van der Waals surface area (Å²) >= 11 is 0. The van der Waals surface area contributed by atoms with Crippen molar-refractivity contribution in [2.75, 3.05) is 0 Å². The Kier molecular flexibility index (Phi) is 2.63. The monoisotopic (exact) mass is 204 g/mol. The van der Waals surface area contributed by atoms with Crippen molar-refractivity contribution >= 4 is 0 Å². The quantitative estimate of drug-likeness (QED) is 0.716. The molecule has 73 valence electrons.